The molecule has 0 aliphatic heterocycles. The molecule has 1 atom stereocenters. The standard InChI is InChI=1S/C15H19N3O4S/c1-10-6-5-7-13(14(10)15(19)22-4)23(20,21)17-11(2)12-8-16-18(3)9-12/h5-9,11,17H,1-4H3. The summed E-state index contributed by atoms with van der Waals surface area (Å²) >= 11 is 0. The number of rotatable bonds is 5. The predicted molar refractivity (Wildman–Crippen MR) is 84.5 cm³/mol. The highest BCUT2D eigenvalue weighted by Crippen LogP contribution is 2.22. The Morgan fingerprint density at radius 2 is 2.09 bits per heavy atom. The summed E-state index contributed by atoms with van der Waals surface area (Å²) in [6, 6.07) is 4.15. The smallest absolute Gasteiger partial charge is 0.339 e. The van der Waals surface area contributed by atoms with E-state index >= 15 is 0 Å². The van der Waals surface area contributed by atoms with Gasteiger partial charge in [-0.15, -0.1) is 0 Å². The number of benzene rings is 1. The van der Waals surface area contributed by atoms with Gasteiger partial charge in [0.25, 0.3) is 0 Å². The second-order valence-electron chi connectivity index (χ2n) is 5.23. The molecule has 8 heteroatoms. The molecule has 1 aromatic carbocycles. The van der Waals surface area contributed by atoms with Crippen LogP contribution >= 0.6 is 0 Å². The molecule has 1 N–H and O–H groups in total. The molecule has 1 heterocycles. The Morgan fingerprint density at radius 3 is 2.65 bits per heavy atom. The van der Waals surface area contributed by atoms with Crippen LogP contribution in [0.4, 0.5) is 0 Å². The fourth-order valence-corrected chi connectivity index (χ4v) is 3.76. The minimum atomic E-state index is -3.89. The number of nitrogens with one attached hydrogen (secondary N) is 1. The number of hydrogen-bond donors (Lipinski definition) is 1. The number of methoxy groups -OCH3 is 1. The fraction of sp³-hybridized carbons (Fsp3) is 0.333. The first-order valence-electron chi connectivity index (χ1n) is 6.95. The number of aromatic nitrogens is 2. The molecule has 2 aromatic rings. The summed E-state index contributed by atoms with van der Waals surface area (Å²) in [6.45, 7) is 3.37. The number of aryl methyl sites for hydroxylation is 2. The van der Waals surface area contributed by atoms with Crippen LogP contribution in [0.25, 0.3) is 0 Å². The van der Waals surface area contributed by atoms with Gasteiger partial charge in [0.05, 0.1) is 23.8 Å². The van der Waals surface area contributed by atoms with Gasteiger partial charge in [0, 0.05) is 24.8 Å². The van der Waals surface area contributed by atoms with Crippen LogP contribution in [0.1, 0.15) is 34.5 Å². The molecule has 23 heavy (non-hydrogen) atoms. The first kappa shape index (κ1) is 17.2. The first-order chi connectivity index (χ1) is 10.8. The normalized spacial score (nSPS) is 12.9. The third-order valence-corrected chi connectivity index (χ3v) is 5.05. The third kappa shape index (κ3) is 3.59. The topological polar surface area (TPSA) is 90.3 Å². The Morgan fingerprint density at radius 1 is 1.39 bits per heavy atom. The highest BCUT2D eigenvalue weighted by molar-refractivity contribution is 7.89. The molecule has 0 aliphatic carbocycles. The molecular weight excluding hydrogens is 318 g/mol. The Labute approximate surface area is 135 Å². The molecule has 7 nitrogen and oxygen atoms in total. The van der Waals surface area contributed by atoms with Crippen molar-refractivity contribution in [2.75, 3.05) is 7.11 Å². The summed E-state index contributed by atoms with van der Waals surface area (Å²) in [5.74, 6) is -0.683. The quantitative estimate of drug-likeness (QED) is 0.836. The largest absolute Gasteiger partial charge is 0.465 e. The van der Waals surface area contributed by atoms with E-state index in [0.29, 0.717) is 5.56 Å². The van der Waals surface area contributed by atoms with E-state index in [2.05, 4.69) is 9.82 Å². The van der Waals surface area contributed by atoms with Gasteiger partial charge in [0.1, 0.15) is 0 Å². The second-order valence-corrected chi connectivity index (χ2v) is 6.91. The van der Waals surface area contributed by atoms with E-state index < -0.39 is 22.0 Å². The molecule has 1 unspecified atom stereocenters. The van der Waals surface area contributed by atoms with E-state index in [1.54, 1.807) is 50.1 Å². The van der Waals surface area contributed by atoms with Crippen molar-refractivity contribution in [2.45, 2.75) is 24.8 Å². The molecule has 124 valence electrons. The minimum absolute atomic E-state index is 0.0425. The average Bonchev–Trinajstić information content (AvgIpc) is 2.92. The van der Waals surface area contributed by atoms with E-state index in [0.717, 1.165) is 5.56 Å². The van der Waals surface area contributed by atoms with Gasteiger partial charge in [-0.1, -0.05) is 12.1 Å². The molecule has 0 amide bonds. The van der Waals surface area contributed by atoms with Crippen molar-refractivity contribution in [3.8, 4) is 0 Å². The van der Waals surface area contributed by atoms with Crippen molar-refractivity contribution in [2.24, 2.45) is 7.05 Å². The van der Waals surface area contributed by atoms with Crippen molar-refractivity contribution >= 4 is 16.0 Å². The van der Waals surface area contributed by atoms with Gasteiger partial charge in [-0.2, -0.15) is 5.10 Å². The molecule has 0 aliphatic rings. The molecular formula is C15H19N3O4S. The van der Waals surface area contributed by atoms with Crippen molar-refractivity contribution in [3.05, 3.63) is 47.3 Å². The Kier molecular flexibility index (Phi) is 4.86. The van der Waals surface area contributed by atoms with E-state index in [4.69, 9.17) is 4.74 Å². The van der Waals surface area contributed by atoms with E-state index in [9.17, 15) is 13.2 Å². The van der Waals surface area contributed by atoms with Crippen molar-refractivity contribution in [1.82, 2.24) is 14.5 Å². The van der Waals surface area contributed by atoms with Crippen LogP contribution in [0.3, 0.4) is 0 Å². The van der Waals surface area contributed by atoms with Gasteiger partial charge in [-0.25, -0.2) is 17.9 Å². The molecule has 1 aromatic heterocycles. The van der Waals surface area contributed by atoms with Crippen LogP contribution < -0.4 is 4.72 Å². The molecule has 0 radical (unpaired) electrons. The molecule has 0 spiro atoms. The lowest BCUT2D eigenvalue weighted by atomic mass is 10.1. The predicted octanol–water partition coefficient (Wildman–Crippen LogP) is 1.55. The number of sulfonamides is 1. The van der Waals surface area contributed by atoms with Gasteiger partial charge in [-0.05, 0) is 25.5 Å². The van der Waals surface area contributed by atoms with Crippen molar-refractivity contribution < 1.29 is 17.9 Å². The molecule has 0 saturated heterocycles. The van der Waals surface area contributed by atoms with Gasteiger partial charge < -0.3 is 4.74 Å². The monoisotopic (exact) mass is 337 g/mol. The summed E-state index contributed by atoms with van der Waals surface area (Å²) in [6.07, 6.45) is 3.31. The highest BCUT2D eigenvalue weighted by Gasteiger charge is 2.26. The van der Waals surface area contributed by atoms with Crippen LogP contribution in [0, 0.1) is 6.92 Å². The van der Waals surface area contributed by atoms with E-state index in [1.807, 2.05) is 0 Å². The molecule has 0 fully saturated rings. The molecule has 2 rings (SSSR count). The Bertz CT molecular complexity index is 827. The number of hydrogen-bond acceptors (Lipinski definition) is 5. The summed E-state index contributed by atoms with van der Waals surface area (Å²) < 4.78 is 34.2. The summed E-state index contributed by atoms with van der Waals surface area (Å²) in [5, 5.41) is 4.02. The first-order valence-corrected chi connectivity index (χ1v) is 8.43. The molecule has 0 bridgehead atoms. The lowest BCUT2D eigenvalue weighted by Gasteiger charge is -2.15. The van der Waals surface area contributed by atoms with Gasteiger partial charge >= 0.3 is 5.97 Å². The van der Waals surface area contributed by atoms with Crippen LogP contribution in [-0.2, 0) is 21.8 Å². The highest BCUT2D eigenvalue weighted by atomic mass is 32.2. The zero-order chi connectivity index (χ0) is 17.2. The number of ether oxygens (including phenoxy) is 1. The zero-order valence-corrected chi connectivity index (χ0v) is 14.2. The number of esters is 1. The number of carbonyl (C=O) groups excluding carboxylic acids is 1. The fourth-order valence-electron chi connectivity index (χ4n) is 2.26. The maximum Gasteiger partial charge on any atom is 0.339 e. The summed E-state index contributed by atoms with van der Waals surface area (Å²) in [7, 11) is -0.925. The lowest BCUT2D eigenvalue weighted by molar-refractivity contribution is 0.0595. The Balaban J connectivity index is 2.40. The third-order valence-electron chi connectivity index (χ3n) is 3.47. The van der Waals surface area contributed by atoms with Gasteiger partial charge in [-0.3, -0.25) is 4.68 Å². The maximum atomic E-state index is 12.7. The lowest BCUT2D eigenvalue weighted by Crippen LogP contribution is -2.28. The van der Waals surface area contributed by atoms with Crippen LogP contribution in [0.5, 0.6) is 0 Å². The average molecular weight is 337 g/mol. The Hall–Kier alpha value is -2.19. The van der Waals surface area contributed by atoms with Crippen LogP contribution in [0.15, 0.2) is 35.5 Å². The maximum absolute atomic E-state index is 12.7. The molecule has 0 saturated carbocycles. The number of nitrogens with zero attached hydrogens (tertiary/aromatic N) is 2. The van der Waals surface area contributed by atoms with Gasteiger partial charge in [0.15, 0.2) is 0 Å². The SMILES string of the molecule is COC(=O)c1c(C)cccc1S(=O)(=O)NC(C)c1cnn(C)c1. The second kappa shape index (κ2) is 6.51. The van der Waals surface area contributed by atoms with E-state index in [-0.39, 0.29) is 10.5 Å². The van der Waals surface area contributed by atoms with Crippen LogP contribution in [0.2, 0.25) is 0 Å². The minimum Gasteiger partial charge on any atom is -0.465 e. The zero-order valence-electron chi connectivity index (χ0n) is 13.4. The van der Waals surface area contributed by atoms with E-state index in [1.165, 1.54) is 13.2 Å². The number of carbonyl (C=O) groups is 1. The van der Waals surface area contributed by atoms with Crippen LogP contribution in [-0.4, -0.2) is 31.3 Å². The van der Waals surface area contributed by atoms with Crippen molar-refractivity contribution in [1.29, 1.82) is 0 Å². The van der Waals surface area contributed by atoms with Crippen molar-refractivity contribution in [3.63, 3.8) is 0 Å². The summed E-state index contributed by atoms with van der Waals surface area (Å²) in [5.41, 5.74) is 1.30. The summed E-state index contributed by atoms with van der Waals surface area (Å²) in [4.78, 5) is 11.8. The van der Waals surface area contributed by atoms with Gasteiger partial charge in [0.2, 0.25) is 10.0 Å².